The number of nitrogens with zero attached hydrogens (tertiary/aromatic N) is 2. The van der Waals surface area contributed by atoms with E-state index in [-0.39, 0.29) is 12.3 Å². The third-order valence-corrected chi connectivity index (χ3v) is 3.93. The van der Waals surface area contributed by atoms with Crippen LogP contribution in [0.4, 0.5) is 0 Å². The summed E-state index contributed by atoms with van der Waals surface area (Å²) in [4.78, 5) is 11.9. The molecular formula is C12H12N2O3S. The first kappa shape index (κ1) is 11.4. The van der Waals surface area contributed by atoms with E-state index in [0.717, 1.165) is 17.7 Å². The maximum atomic E-state index is 10.9. The van der Waals surface area contributed by atoms with Crippen molar-refractivity contribution >= 4 is 17.3 Å². The van der Waals surface area contributed by atoms with Gasteiger partial charge in [-0.05, 0) is 24.3 Å². The predicted octanol–water partition coefficient (Wildman–Crippen LogP) is 2.62. The molecule has 18 heavy (non-hydrogen) atoms. The van der Waals surface area contributed by atoms with Crippen molar-refractivity contribution in [3.8, 4) is 0 Å². The summed E-state index contributed by atoms with van der Waals surface area (Å²) in [7, 11) is 0. The molecule has 2 aromatic heterocycles. The minimum absolute atomic E-state index is 0.0210. The van der Waals surface area contributed by atoms with Crippen molar-refractivity contribution in [1.29, 1.82) is 0 Å². The summed E-state index contributed by atoms with van der Waals surface area (Å²) in [6, 6.07) is 3.80. The van der Waals surface area contributed by atoms with Gasteiger partial charge in [0.2, 0.25) is 11.8 Å². The van der Waals surface area contributed by atoms with Crippen molar-refractivity contribution in [1.82, 2.24) is 10.2 Å². The van der Waals surface area contributed by atoms with E-state index in [1.807, 2.05) is 17.5 Å². The first-order valence-corrected chi connectivity index (χ1v) is 6.70. The number of carboxylic acids is 1. The number of rotatable bonds is 5. The van der Waals surface area contributed by atoms with E-state index < -0.39 is 5.97 Å². The molecule has 5 nitrogen and oxygen atoms in total. The third-order valence-electron chi connectivity index (χ3n) is 2.95. The van der Waals surface area contributed by atoms with Gasteiger partial charge >= 0.3 is 5.97 Å². The molecule has 0 saturated heterocycles. The van der Waals surface area contributed by atoms with E-state index in [4.69, 9.17) is 9.52 Å². The Morgan fingerprint density at radius 3 is 3.00 bits per heavy atom. The van der Waals surface area contributed by atoms with Crippen LogP contribution in [0.3, 0.4) is 0 Å². The monoisotopic (exact) mass is 264 g/mol. The molecule has 1 aliphatic carbocycles. The van der Waals surface area contributed by atoms with Gasteiger partial charge in [-0.1, -0.05) is 6.07 Å². The summed E-state index contributed by atoms with van der Waals surface area (Å²) < 4.78 is 5.62. The Kier molecular flexibility index (Phi) is 2.87. The maximum Gasteiger partial charge on any atom is 0.304 e. The second-order valence-electron chi connectivity index (χ2n) is 4.42. The molecule has 94 valence electrons. The van der Waals surface area contributed by atoms with E-state index in [2.05, 4.69) is 10.2 Å². The van der Waals surface area contributed by atoms with Gasteiger partial charge in [-0.15, -0.1) is 21.5 Å². The van der Waals surface area contributed by atoms with E-state index in [9.17, 15) is 4.79 Å². The van der Waals surface area contributed by atoms with Gasteiger partial charge in [0.1, 0.15) is 0 Å². The Hall–Kier alpha value is -1.69. The number of aromatic nitrogens is 2. The number of aliphatic carboxylic acids is 1. The van der Waals surface area contributed by atoms with Crippen molar-refractivity contribution in [3.05, 3.63) is 34.2 Å². The summed E-state index contributed by atoms with van der Waals surface area (Å²) in [6.45, 7) is 0. The van der Waals surface area contributed by atoms with Crippen molar-refractivity contribution < 1.29 is 14.3 Å². The van der Waals surface area contributed by atoms with Crippen molar-refractivity contribution in [3.63, 3.8) is 0 Å². The average Bonchev–Trinajstić information content (AvgIpc) is 2.89. The number of hydrogen-bond acceptors (Lipinski definition) is 5. The lowest BCUT2D eigenvalue weighted by Gasteiger charge is -2.07. The van der Waals surface area contributed by atoms with Gasteiger partial charge < -0.3 is 9.52 Å². The minimum atomic E-state index is -0.862. The molecule has 2 aromatic rings. The zero-order chi connectivity index (χ0) is 12.5. The van der Waals surface area contributed by atoms with Crippen molar-refractivity contribution in [2.45, 2.75) is 31.1 Å². The highest BCUT2D eigenvalue weighted by molar-refractivity contribution is 7.10. The van der Waals surface area contributed by atoms with E-state index in [1.54, 1.807) is 0 Å². The van der Waals surface area contributed by atoms with Gasteiger partial charge in [0.15, 0.2) is 0 Å². The van der Waals surface area contributed by atoms with Crippen LogP contribution in [-0.4, -0.2) is 21.3 Å². The Labute approximate surface area is 107 Å². The van der Waals surface area contributed by atoms with Crippen molar-refractivity contribution in [2.24, 2.45) is 0 Å². The normalized spacial score (nSPS) is 16.7. The molecule has 1 unspecified atom stereocenters. The lowest BCUT2D eigenvalue weighted by Crippen LogP contribution is -2.07. The molecule has 0 aromatic carbocycles. The fraction of sp³-hybridized carbons (Fsp3) is 0.417. The molecular weight excluding hydrogens is 252 g/mol. The van der Waals surface area contributed by atoms with E-state index in [1.165, 1.54) is 11.3 Å². The molecule has 0 radical (unpaired) electrons. The van der Waals surface area contributed by atoms with Crippen LogP contribution >= 0.6 is 11.3 Å². The lowest BCUT2D eigenvalue weighted by atomic mass is 10.0. The van der Waals surface area contributed by atoms with Crippen molar-refractivity contribution in [2.75, 3.05) is 0 Å². The zero-order valence-corrected chi connectivity index (χ0v) is 10.4. The predicted molar refractivity (Wildman–Crippen MR) is 64.7 cm³/mol. The maximum absolute atomic E-state index is 10.9. The Morgan fingerprint density at radius 2 is 2.39 bits per heavy atom. The number of hydrogen-bond donors (Lipinski definition) is 1. The van der Waals surface area contributed by atoms with Crippen LogP contribution < -0.4 is 0 Å². The van der Waals surface area contributed by atoms with Gasteiger partial charge in [0.05, 0.1) is 12.3 Å². The highest BCUT2D eigenvalue weighted by Gasteiger charge is 2.31. The summed E-state index contributed by atoms with van der Waals surface area (Å²) in [6.07, 6.45) is 2.15. The SMILES string of the molecule is O=C(O)CC(c1nnc(C2CC2)o1)c1cccs1. The first-order chi connectivity index (χ1) is 8.74. The molecule has 6 heteroatoms. The van der Waals surface area contributed by atoms with Crippen LogP contribution in [0.2, 0.25) is 0 Å². The van der Waals surface area contributed by atoms with E-state index >= 15 is 0 Å². The lowest BCUT2D eigenvalue weighted by molar-refractivity contribution is -0.137. The summed E-state index contributed by atoms with van der Waals surface area (Å²) in [5, 5.41) is 18.9. The molecule has 0 bridgehead atoms. The van der Waals surface area contributed by atoms with Crippen LogP contribution in [0.25, 0.3) is 0 Å². The topological polar surface area (TPSA) is 76.2 Å². The van der Waals surface area contributed by atoms with Gasteiger partial charge in [-0.3, -0.25) is 4.79 Å². The quantitative estimate of drug-likeness (QED) is 0.898. The average molecular weight is 264 g/mol. The number of carboxylic acid groups (broad SMARTS) is 1. The van der Waals surface area contributed by atoms with Crippen LogP contribution in [0.5, 0.6) is 0 Å². The van der Waals surface area contributed by atoms with Gasteiger partial charge in [0.25, 0.3) is 0 Å². The third kappa shape index (κ3) is 2.28. The Morgan fingerprint density at radius 1 is 1.56 bits per heavy atom. The number of carbonyl (C=O) groups is 1. The minimum Gasteiger partial charge on any atom is -0.481 e. The van der Waals surface area contributed by atoms with Crippen LogP contribution in [0.15, 0.2) is 21.9 Å². The molecule has 0 amide bonds. The highest BCUT2D eigenvalue weighted by atomic mass is 32.1. The molecule has 1 fully saturated rings. The van der Waals surface area contributed by atoms with Crippen LogP contribution in [0, 0.1) is 0 Å². The Bertz CT molecular complexity index is 545. The van der Waals surface area contributed by atoms with Gasteiger partial charge in [-0.25, -0.2) is 0 Å². The largest absolute Gasteiger partial charge is 0.481 e. The van der Waals surface area contributed by atoms with Crippen LogP contribution in [-0.2, 0) is 4.79 Å². The molecule has 1 atom stereocenters. The summed E-state index contributed by atoms with van der Waals surface area (Å²) in [5.74, 6) is 0.265. The number of thiophene rings is 1. The molecule has 1 aliphatic rings. The summed E-state index contributed by atoms with van der Waals surface area (Å²) >= 11 is 1.51. The second kappa shape index (κ2) is 4.53. The van der Waals surface area contributed by atoms with Gasteiger partial charge in [-0.2, -0.15) is 0 Å². The fourth-order valence-corrected chi connectivity index (χ4v) is 2.68. The molecule has 1 saturated carbocycles. The Balaban J connectivity index is 1.88. The smallest absolute Gasteiger partial charge is 0.304 e. The molecule has 3 rings (SSSR count). The van der Waals surface area contributed by atoms with Crippen LogP contribution in [0.1, 0.15) is 47.8 Å². The summed E-state index contributed by atoms with van der Waals surface area (Å²) in [5.41, 5.74) is 0. The second-order valence-corrected chi connectivity index (χ2v) is 5.40. The zero-order valence-electron chi connectivity index (χ0n) is 9.57. The van der Waals surface area contributed by atoms with Gasteiger partial charge in [0, 0.05) is 10.8 Å². The highest BCUT2D eigenvalue weighted by Crippen LogP contribution is 2.40. The molecule has 2 heterocycles. The van der Waals surface area contributed by atoms with E-state index in [0.29, 0.717) is 17.7 Å². The molecule has 0 spiro atoms. The first-order valence-electron chi connectivity index (χ1n) is 5.82. The fourth-order valence-electron chi connectivity index (χ4n) is 1.86. The molecule has 1 N–H and O–H groups in total. The standard InChI is InChI=1S/C12H12N2O3S/c15-10(16)6-8(9-2-1-5-18-9)12-14-13-11(17-12)7-3-4-7/h1-2,5,7-8H,3-4,6H2,(H,15,16). The molecule has 0 aliphatic heterocycles.